The van der Waals surface area contributed by atoms with Crippen molar-refractivity contribution in [2.45, 2.75) is 38.6 Å². The molecule has 5 heteroatoms. The monoisotopic (exact) mass is 312 g/mol. The lowest BCUT2D eigenvalue weighted by molar-refractivity contribution is 0.396. The number of hydrogen-bond acceptors (Lipinski definition) is 3. The maximum absolute atomic E-state index is 4.14. The minimum atomic E-state index is 0.426. The highest BCUT2D eigenvalue weighted by Crippen LogP contribution is 2.62. The molecule has 1 N–H and O–H groups in total. The van der Waals surface area contributed by atoms with E-state index in [1.807, 2.05) is 11.7 Å². The Morgan fingerprint density at radius 3 is 2.72 bits per heavy atom. The molecule has 0 amide bonds. The number of hydrogen-bond donors (Lipinski definition) is 1. The van der Waals surface area contributed by atoms with Crippen LogP contribution in [0.2, 0.25) is 0 Å². The van der Waals surface area contributed by atoms with Gasteiger partial charge in [-0.15, -0.1) is 5.10 Å². The SMILES string of the molecule is CCCNC(c1c(Br)nnn1C)C1C2CCCC21. The van der Waals surface area contributed by atoms with Crippen LogP contribution in [0.4, 0.5) is 0 Å². The van der Waals surface area contributed by atoms with Gasteiger partial charge in [0.25, 0.3) is 0 Å². The summed E-state index contributed by atoms with van der Waals surface area (Å²) in [6.07, 6.45) is 5.43. The topological polar surface area (TPSA) is 42.7 Å². The smallest absolute Gasteiger partial charge is 0.153 e. The Labute approximate surface area is 117 Å². The molecule has 2 saturated carbocycles. The van der Waals surface area contributed by atoms with E-state index in [4.69, 9.17) is 0 Å². The molecule has 4 nitrogen and oxygen atoms in total. The van der Waals surface area contributed by atoms with Gasteiger partial charge in [0.15, 0.2) is 4.60 Å². The average Bonchev–Trinajstić information content (AvgIpc) is 2.71. The van der Waals surface area contributed by atoms with Gasteiger partial charge in [-0.3, -0.25) is 0 Å². The maximum atomic E-state index is 4.14. The molecule has 18 heavy (non-hydrogen) atoms. The summed E-state index contributed by atoms with van der Waals surface area (Å²) in [5.74, 6) is 2.70. The van der Waals surface area contributed by atoms with Crippen molar-refractivity contribution in [1.82, 2.24) is 20.3 Å². The lowest BCUT2D eigenvalue weighted by Crippen LogP contribution is -2.27. The van der Waals surface area contributed by atoms with Crippen LogP contribution in [0, 0.1) is 17.8 Å². The molecule has 0 aliphatic heterocycles. The number of aryl methyl sites for hydroxylation is 1. The Morgan fingerprint density at radius 1 is 1.44 bits per heavy atom. The third-order valence-corrected chi connectivity index (χ3v) is 5.16. The summed E-state index contributed by atoms with van der Waals surface area (Å²) in [6.45, 7) is 3.28. The highest BCUT2D eigenvalue weighted by molar-refractivity contribution is 9.10. The van der Waals surface area contributed by atoms with Crippen LogP contribution in [0.5, 0.6) is 0 Å². The van der Waals surface area contributed by atoms with Crippen LogP contribution in [0.25, 0.3) is 0 Å². The van der Waals surface area contributed by atoms with E-state index in [1.54, 1.807) is 0 Å². The van der Waals surface area contributed by atoms with E-state index >= 15 is 0 Å². The molecule has 3 atom stereocenters. The Balaban J connectivity index is 1.82. The molecule has 0 spiro atoms. The Bertz CT molecular complexity index is 401. The number of fused-ring (bicyclic) bond motifs is 1. The lowest BCUT2D eigenvalue weighted by atomic mass is 10.0. The Morgan fingerprint density at radius 2 is 2.17 bits per heavy atom. The number of halogens is 1. The lowest BCUT2D eigenvalue weighted by Gasteiger charge is -2.20. The molecule has 0 saturated heterocycles. The first kappa shape index (κ1) is 12.6. The highest BCUT2D eigenvalue weighted by atomic mass is 79.9. The fourth-order valence-electron chi connectivity index (χ4n) is 3.76. The summed E-state index contributed by atoms with van der Waals surface area (Å²) in [4.78, 5) is 0. The first-order valence-electron chi connectivity index (χ1n) is 7.02. The molecule has 2 aliphatic rings. The van der Waals surface area contributed by atoms with Gasteiger partial charge < -0.3 is 5.32 Å². The molecule has 0 radical (unpaired) electrons. The van der Waals surface area contributed by atoms with E-state index in [0.717, 1.165) is 28.9 Å². The molecule has 0 bridgehead atoms. The van der Waals surface area contributed by atoms with Crippen LogP contribution in [-0.2, 0) is 7.05 Å². The fraction of sp³-hybridized carbons (Fsp3) is 0.846. The Kier molecular flexibility index (Phi) is 3.45. The number of rotatable bonds is 5. The largest absolute Gasteiger partial charge is 0.308 e. The molecular weight excluding hydrogens is 292 g/mol. The van der Waals surface area contributed by atoms with E-state index < -0.39 is 0 Å². The predicted octanol–water partition coefficient (Wildman–Crippen LogP) is 2.66. The summed E-state index contributed by atoms with van der Waals surface area (Å²) in [7, 11) is 1.99. The molecule has 2 fully saturated rings. The second-order valence-electron chi connectivity index (χ2n) is 5.66. The third-order valence-electron chi connectivity index (χ3n) is 4.59. The second kappa shape index (κ2) is 4.93. The van der Waals surface area contributed by atoms with Gasteiger partial charge in [0.1, 0.15) is 0 Å². The summed E-state index contributed by atoms with van der Waals surface area (Å²) in [5, 5.41) is 12.0. The summed E-state index contributed by atoms with van der Waals surface area (Å²) >= 11 is 3.55. The summed E-state index contributed by atoms with van der Waals surface area (Å²) in [6, 6.07) is 0.426. The van der Waals surface area contributed by atoms with E-state index in [2.05, 4.69) is 38.5 Å². The standard InChI is InChI=1S/C13H21BrN4/c1-3-7-15-11(10-8-5-4-6-9(8)10)12-13(14)16-17-18(12)2/h8-11,15H,3-7H2,1-2H3. The highest BCUT2D eigenvalue weighted by Gasteiger charge is 2.56. The average molecular weight is 313 g/mol. The van der Waals surface area contributed by atoms with Gasteiger partial charge in [0.2, 0.25) is 0 Å². The minimum absolute atomic E-state index is 0.426. The quantitative estimate of drug-likeness (QED) is 0.909. The van der Waals surface area contributed by atoms with Crippen LogP contribution in [0.3, 0.4) is 0 Å². The third kappa shape index (κ3) is 2.01. The van der Waals surface area contributed by atoms with Crippen molar-refractivity contribution in [1.29, 1.82) is 0 Å². The van der Waals surface area contributed by atoms with Crippen LogP contribution in [-0.4, -0.2) is 21.5 Å². The molecule has 3 rings (SSSR count). The number of nitrogens with zero attached hydrogens (tertiary/aromatic N) is 3. The van der Waals surface area contributed by atoms with E-state index in [1.165, 1.54) is 31.4 Å². The summed E-state index contributed by atoms with van der Waals surface area (Å²) < 4.78 is 2.83. The molecule has 1 heterocycles. The van der Waals surface area contributed by atoms with Gasteiger partial charge in [-0.2, -0.15) is 0 Å². The van der Waals surface area contributed by atoms with Crippen LogP contribution in [0.15, 0.2) is 4.60 Å². The second-order valence-corrected chi connectivity index (χ2v) is 6.41. The molecular formula is C13H21BrN4. The van der Waals surface area contributed by atoms with Crippen molar-refractivity contribution < 1.29 is 0 Å². The molecule has 1 aromatic heterocycles. The van der Waals surface area contributed by atoms with Gasteiger partial charge in [0.05, 0.1) is 11.7 Å². The normalized spacial score (nSPS) is 31.4. The van der Waals surface area contributed by atoms with Crippen LogP contribution in [0.1, 0.15) is 44.3 Å². The van der Waals surface area contributed by atoms with Gasteiger partial charge in [-0.05, 0) is 59.5 Å². The van der Waals surface area contributed by atoms with Crippen molar-refractivity contribution in [3.05, 3.63) is 10.3 Å². The molecule has 1 aromatic rings. The van der Waals surface area contributed by atoms with Gasteiger partial charge >= 0.3 is 0 Å². The van der Waals surface area contributed by atoms with Crippen LogP contribution < -0.4 is 5.32 Å². The van der Waals surface area contributed by atoms with Gasteiger partial charge in [0, 0.05) is 7.05 Å². The summed E-state index contributed by atoms with van der Waals surface area (Å²) in [5.41, 5.74) is 1.22. The van der Waals surface area contributed by atoms with Crippen molar-refractivity contribution in [3.63, 3.8) is 0 Å². The van der Waals surface area contributed by atoms with Crippen molar-refractivity contribution in [2.75, 3.05) is 6.54 Å². The zero-order valence-corrected chi connectivity index (χ0v) is 12.7. The molecule has 0 aromatic carbocycles. The van der Waals surface area contributed by atoms with E-state index in [9.17, 15) is 0 Å². The molecule has 100 valence electrons. The zero-order valence-electron chi connectivity index (χ0n) is 11.1. The number of aromatic nitrogens is 3. The van der Waals surface area contributed by atoms with Crippen molar-refractivity contribution in [2.24, 2.45) is 24.8 Å². The zero-order chi connectivity index (χ0) is 12.7. The van der Waals surface area contributed by atoms with E-state index in [0.29, 0.717) is 6.04 Å². The molecule has 2 aliphatic carbocycles. The maximum Gasteiger partial charge on any atom is 0.153 e. The van der Waals surface area contributed by atoms with Crippen molar-refractivity contribution >= 4 is 15.9 Å². The number of nitrogens with one attached hydrogen (secondary N) is 1. The van der Waals surface area contributed by atoms with Crippen LogP contribution >= 0.6 is 15.9 Å². The first-order valence-corrected chi connectivity index (χ1v) is 7.81. The minimum Gasteiger partial charge on any atom is -0.308 e. The predicted molar refractivity (Wildman–Crippen MR) is 74.1 cm³/mol. The Hall–Kier alpha value is -0.420. The van der Waals surface area contributed by atoms with Gasteiger partial charge in [-0.1, -0.05) is 18.6 Å². The molecule has 3 unspecified atom stereocenters. The first-order chi connectivity index (χ1) is 8.74. The van der Waals surface area contributed by atoms with Gasteiger partial charge in [-0.25, -0.2) is 4.68 Å². The van der Waals surface area contributed by atoms with E-state index in [-0.39, 0.29) is 0 Å². The fourth-order valence-corrected chi connectivity index (χ4v) is 4.33. The van der Waals surface area contributed by atoms with Crippen molar-refractivity contribution in [3.8, 4) is 0 Å².